The molecular formula is C19H32IN3O2S. The van der Waals surface area contributed by atoms with Crippen LogP contribution in [0.1, 0.15) is 44.8 Å². The second-order valence-corrected chi connectivity index (χ2v) is 8.87. The van der Waals surface area contributed by atoms with Gasteiger partial charge in [-0.05, 0) is 56.9 Å². The highest BCUT2D eigenvalue weighted by molar-refractivity contribution is 14.0. The predicted octanol–water partition coefficient (Wildman–Crippen LogP) is 3.83. The van der Waals surface area contributed by atoms with Gasteiger partial charge in [0.25, 0.3) is 0 Å². The molecule has 2 saturated heterocycles. The van der Waals surface area contributed by atoms with Crippen LogP contribution < -0.4 is 10.6 Å². The van der Waals surface area contributed by atoms with Gasteiger partial charge in [0.2, 0.25) is 0 Å². The number of halogens is 1. The molecule has 7 heteroatoms. The third kappa shape index (κ3) is 7.31. The fourth-order valence-electron chi connectivity index (χ4n) is 3.32. The van der Waals surface area contributed by atoms with Gasteiger partial charge in [-0.3, -0.25) is 4.99 Å². The van der Waals surface area contributed by atoms with E-state index in [0.29, 0.717) is 6.10 Å². The van der Waals surface area contributed by atoms with Crippen molar-refractivity contribution in [3.05, 3.63) is 24.2 Å². The van der Waals surface area contributed by atoms with Crippen molar-refractivity contribution in [2.45, 2.75) is 56.3 Å². The maximum Gasteiger partial charge on any atom is 0.191 e. The van der Waals surface area contributed by atoms with Crippen LogP contribution in [0.15, 0.2) is 27.8 Å². The Bertz CT molecular complexity index is 527. The van der Waals surface area contributed by atoms with Gasteiger partial charge in [-0.1, -0.05) is 0 Å². The van der Waals surface area contributed by atoms with Crippen molar-refractivity contribution in [3.8, 4) is 0 Å². The molecule has 1 aromatic heterocycles. The third-order valence-corrected chi connectivity index (χ3v) is 6.41. The molecule has 0 saturated carbocycles. The summed E-state index contributed by atoms with van der Waals surface area (Å²) in [7, 11) is 0. The number of guanidine groups is 1. The molecule has 2 unspecified atom stereocenters. The first-order chi connectivity index (χ1) is 12.2. The highest BCUT2D eigenvalue weighted by Crippen LogP contribution is 2.37. The summed E-state index contributed by atoms with van der Waals surface area (Å²) in [6.07, 6.45) is 9.05. The van der Waals surface area contributed by atoms with E-state index in [0.717, 1.165) is 50.8 Å². The fourth-order valence-corrected chi connectivity index (χ4v) is 4.55. The largest absolute Gasteiger partial charge is 0.469 e. The van der Waals surface area contributed by atoms with E-state index >= 15 is 0 Å². The van der Waals surface area contributed by atoms with Crippen LogP contribution in [0.4, 0.5) is 0 Å². The molecule has 0 radical (unpaired) electrons. The van der Waals surface area contributed by atoms with Gasteiger partial charge in [0.05, 0.1) is 18.9 Å². The molecule has 2 atom stereocenters. The van der Waals surface area contributed by atoms with E-state index in [4.69, 9.17) is 14.1 Å². The van der Waals surface area contributed by atoms with E-state index in [1.807, 2.05) is 12.1 Å². The zero-order valence-electron chi connectivity index (χ0n) is 15.7. The Kier molecular flexibility index (Phi) is 9.63. The van der Waals surface area contributed by atoms with Crippen LogP contribution in [-0.4, -0.2) is 48.8 Å². The third-order valence-electron chi connectivity index (χ3n) is 4.89. The number of nitrogens with zero attached hydrogens (tertiary/aromatic N) is 1. The van der Waals surface area contributed by atoms with E-state index in [1.165, 1.54) is 31.4 Å². The number of furan rings is 1. The number of rotatable bonds is 7. The minimum Gasteiger partial charge on any atom is -0.469 e. The molecule has 5 nitrogen and oxygen atoms in total. The lowest BCUT2D eigenvalue weighted by Crippen LogP contribution is -2.44. The molecule has 0 spiro atoms. The quantitative estimate of drug-likeness (QED) is 0.344. The van der Waals surface area contributed by atoms with Crippen LogP contribution in [0.2, 0.25) is 0 Å². The molecule has 0 aromatic carbocycles. The summed E-state index contributed by atoms with van der Waals surface area (Å²) >= 11 is 2.05. The number of hydrogen-bond donors (Lipinski definition) is 2. The van der Waals surface area contributed by atoms with Crippen LogP contribution in [0.5, 0.6) is 0 Å². The number of nitrogens with one attached hydrogen (secondary N) is 2. The highest BCUT2D eigenvalue weighted by Gasteiger charge is 2.29. The van der Waals surface area contributed by atoms with E-state index in [2.05, 4.69) is 29.3 Å². The first-order valence-electron chi connectivity index (χ1n) is 9.54. The monoisotopic (exact) mass is 493 g/mol. The van der Waals surface area contributed by atoms with Gasteiger partial charge in [-0.25, -0.2) is 0 Å². The Morgan fingerprint density at radius 3 is 2.96 bits per heavy atom. The van der Waals surface area contributed by atoms with Crippen LogP contribution in [0.3, 0.4) is 0 Å². The van der Waals surface area contributed by atoms with Gasteiger partial charge < -0.3 is 19.8 Å². The fraction of sp³-hybridized carbons (Fsp3) is 0.737. The molecule has 2 aliphatic rings. The van der Waals surface area contributed by atoms with Gasteiger partial charge in [0.15, 0.2) is 5.96 Å². The molecule has 0 aliphatic carbocycles. The molecule has 2 fully saturated rings. The number of aliphatic imine (C=N–C) groups is 1. The molecule has 2 aliphatic heterocycles. The Morgan fingerprint density at radius 1 is 1.35 bits per heavy atom. The van der Waals surface area contributed by atoms with E-state index < -0.39 is 0 Å². The molecule has 3 heterocycles. The van der Waals surface area contributed by atoms with E-state index in [1.54, 1.807) is 6.26 Å². The number of hydrogen-bond acceptors (Lipinski definition) is 4. The predicted molar refractivity (Wildman–Crippen MR) is 120 cm³/mol. The highest BCUT2D eigenvalue weighted by atomic mass is 127. The first-order valence-corrected chi connectivity index (χ1v) is 10.5. The van der Waals surface area contributed by atoms with E-state index in [9.17, 15) is 0 Å². The van der Waals surface area contributed by atoms with Gasteiger partial charge in [-0.15, -0.1) is 24.0 Å². The van der Waals surface area contributed by atoms with Gasteiger partial charge in [0, 0.05) is 30.9 Å². The normalized spacial score (nSPS) is 26.3. The first kappa shape index (κ1) is 21.9. The summed E-state index contributed by atoms with van der Waals surface area (Å²) in [5.74, 6) is 3.16. The summed E-state index contributed by atoms with van der Waals surface area (Å²) in [4.78, 5) is 4.87. The minimum absolute atomic E-state index is 0. The summed E-state index contributed by atoms with van der Waals surface area (Å²) in [5, 5.41) is 6.94. The smallest absolute Gasteiger partial charge is 0.191 e. The van der Waals surface area contributed by atoms with Crippen LogP contribution in [0, 0.1) is 0 Å². The Labute approximate surface area is 178 Å². The zero-order valence-corrected chi connectivity index (χ0v) is 18.8. The molecule has 3 rings (SSSR count). The van der Waals surface area contributed by atoms with Gasteiger partial charge in [0.1, 0.15) is 5.76 Å². The maximum absolute atomic E-state index is 5.83. The average Bonchev–Trinajstić information content (AvgIpc) is 3.30. The lowest BCUT2D eigenvalue weighted by atomic mass is 10.1. The van der Waals surface area contributed by atoms with Crippen molar-refractivity contribution in [1.29, 1.82) is 0 Å². The van der Waals surface area contributed by atoms with Crippen molar-refractivity contribution in [1.82, 2.24) is 10.6 Å². The minimum atomic E-state index is 0. The molecule has 148 valence electrons. The summed E-state index contributed by atoms with van der Waals surface area (Å²) in [6, 6.07) is 3.94. The Hall–Kier alpha value is -0.410. The second-order valence-electron chi connectivity index (χ2n) is 7.19. The van der Waals surface area contributed by atoms with Crippen LogP contribution in [0.25, 0.3) is 0 Å². The number of thioether (sulfide) groups is 1. The lowest BCUT2D eigenvalue weighted by Gasteiger charge is -2.25. The SMILES string of the molecule is CC1(CN=C(NCCc2ccco2)NCC2CCCCO2)CCCS1.I. The van der Waals surface area contributed by atoms with E-state index in [-0.39, 0.29) is 28.7 Å². The molecule has 26 heavy (non-hydrogen) atoms. The van der Waals surface area contributed by atoms with Crippen molar-refractivity contribution in [2.24, 2.45) is 4.99 Å². The van der Waals surface area contributed by atoms with Crippen molar-refractivity contribution in [3.63, 3.8) is 0 Å². The summed E-state index contributed by atoms with van der Waals surface area (Å²) < 4.78 is 11.5. The Balaban J connectivity index is 0.00000243. The van der Waals surface area contributed by atoms with Crippen molar-refractivity contribution in [2.75, 3.05) is 32.0 Å². The van der Waals surface area contributed by atoms with Gasteiger partial charge in [-0.2, -0.15) is 11.8 Å². The number of ether oxygens (including phenoxy) is 1. The standard InChI is InChI=1S/C19H31N3O2S.HI/c1-19(9-5-13-25-19)15-22-18(20-10-8-16-7-4-12-23-16)21-14-17-6-2-3-11-24-17;/h4,7,12,17H,2-3,5-6,8-11,13-15H2,1H3,(H2,20,21,22);1H. The second kappa shape index (κ2) is 11.4. The maximum atomic E-state index is 5.83. The summed E-state index contributed by atoms with van der Waals surface area (Å²) in [5.41, 5.74) is 0. The van der Waals surface area contributed by atoms with Crippen LogP contribution >= 0.6 is 35.7 Å². The zero-order chi connectivity index (χ0) is 17.4. The van der Waals surface area contributed by atoms with Crippen molar-refractivity contribution >= 4 is 41.7 Å². The lowest BCUT2D eigenvalue weighted by molar-refractivity contribution is 0.0194. The van der Waals surface area contributed by atoms with Crippen molar-refractivity contribution < 1.29 is 9.15 Å². The van der Waals surface area contributed by atoms with Gasteiger partial charge >= 0.3 is 0 Å². The van der Waals surface area contributed by atoms with Crippen LogP contribution in [-0.2, 0) is 11.2 Å². The molecule has 0 amide bonds. The average molecular weight is 493 g/mol. The molecule has 1 aromatic rings. The Morgan fingerprint density at radius 2 is 2.27 bits per heavy atom. The molecular weight excluding hydrogens is 461 g/mol. The summed E-state index contributed by atoms with van der Waals surface area (Å²) in [6.45, 7) is 5.72. The molecule has 2 N–H and O–H groups in total. The molecule has 0 bridgehead atoms. The topological polar surface area (TPSA) is 58.8 Å².